The second-order valence-corrected chi connectivity index (χ2v) is 4.61. The summed E-state index contributed by atoms with van der Waals surface area (Å²) in [6.07, 6.45) is 7.50. The van der Waals surface area contributed by atoms with Crippen molar-refractivity contribution in [3.63, 3.8) is 0 Å². The predicted molar refractivity (Wildman–Crippen MR) is 69.9 cm³/mol. The number of hydrogen-bond acceptors (Lipinski definition) is 2. The van der Waals surface area contributed by atoms with Gasteiger partial charge in [0.05, 0.1) is 0 Å². The third-order valence-electron chi connectivity index (χ3n) is 3.31. The van der Waals surface area contributed by atoms with Crippen LogP contribution in [-0.4, -0.2) is 13.1 Å². The van der Waals surface area contributed by atoms with Gasteiger partial charge in [0.15, 0.2) is 0 Å². The molecule has 0 heterocycles. The Morgan fingerprint density at radius 1 is 1.06 bits per heavy atom. The fourth-order valence-corrected chi connectivity index (χ4v) is 2.35. The Bertz CT molecular complexity index is 334. The number of aryl methyl sites for hydroxylation is 2. The third kappa shape index (κ3) is 2.99. The van der Waals surface area contributed by atoms with Gasteiger partial charge in [-0.2, -0.15) is 0 Å². The molecule has 0 spiro atoms. The number of benzene rings is 1. The van der Waals surface area contributed by atoms with Crippen LogP contribution in [0.5, 0.6) is 0 Å². The molecule has 16 heavy (non-hydrogen) atoms. The number of hydrogen-bond donors (Lipinski definition) is 2. The number of nitrogens with one attached hydrogen (secondary N) is 1. The predicted octanol–water partition coefficient (Wildman–Crippen LogP) is 2.72. The van der Waals surface area contributed by atoms with Gasteiger partial charge in [0.1, 0.15) is 0 Å². The Morgan fingerprint density at radius 2 is 1.88 bits per heavy atom. The van der Waals surface area contributed by atoms with Gasteiger partial charge in [-0.15, -0.1) is 0 Å². The maximum Gasteiger partial charge on any atom is 0.0343 e. The summed E-state index contributed by atoms with van der Waals surface area (Å²) in [5.74, 6) is 0. The minimum atomic E-state index is 0.797. The zero-order valence-corrected chi connectivity index (χ0v) is 9.97. The average Bonchev–Trinajstić information content (AvgIpc) is 2.34. The highest BCUT2D eigenvalue weighted by Crippen LogP contribution is 2.24. The lowest BCUT2D eigenvalue weighted by Gasteiger charge is -2.17. The summed E-state index contributed by atoms with van der Waals surface area (Å²) in [7, 11) is 0. The van der Waals surface area contributed by atoms with Crippen LogP contribution in [0.4, 0.5) is 5.69 Å². The molecule has 0 aromatic heterocycles. The van der Waals surface area contributed by atoms with E-state index in [2.05, 4.69) is 23.5 Å². The van der Waals surface area contributed by atoms with Gasteiger partial charge in [0.25, 0.3) is 0 Å². The monoisotopic (exact) mass is 218 g/mol. The van der Waals surface area contributed by atoms with Gasteiger partial charge in [0, 0.05) is 12.2 Å². The van der Waals surface area contributed by atoms with Crippen molar-refractivity contribution < 1.29 is 0 Å². The number of unbranched alkanes of at least 4 members (excludes halogenated alkanes) is 1. The van der Waals surface area contributed by atoms with Crippen molar-refractivity contribution in [1.82, 2.24) is 0 Å². The first-order valence-corrected chi connectivity index (χ1v) is 6.46. The van der Waals surface area contributed by atoms with Gasteiger partial charge in [-0.1, -0.05) is 6.07 Å². The first kappa shape index (κ1) is 11.5. The lowest BCUT2D eigenvalue weighted by molar-refractivity contribution is 0.685. The van der Waals surface area contributed by atoms with Crippen molar-refractivity contribution in [1.29, 1.82) is 0 Å². The van der Waals surface area contributed by atoms with Crippen LogP contribution in [0.15, 0.2) is 18.2 Å². The van der Waals surface area contributed by atoms with E-state index in [1.165, 1.54) is 31.4 Å². The molecule has 0 saturated carbocycles. The summed E-state index contributed by atoms with van der Waals surface area (Å²) in [6.45, 7) is 1.84. The van der Waals surface area contributed by atoms with E-state index in [0.29, 0.717) is 0 Å². The number of nitrogens with two attached hydrogens (primary N) is 1. The molecule has 0 unspecified atom stereocenters. The van der Waals surface area contributed by atoms with Crippen molar-refractivity contribution in [3.8, 4) is 0 Å². The van der Waals surface area contributed by atoms with Gasteiger partial charge in [-0.25, -0.2) is 0 Å². The lowest BCUT2D eigenvalue weighted by Crippen LogP contribution is -2.07. The SMILES string of the molecule is NCCCCNc1ccc2c(c1)CCCC2. The van der Waals surface area contributed by atoms with Crippen molar-refractivity contribution >= 4 is 5.69 Å². The summed E-state index contributed by atoms with van der Waals surface area (Å²) < 4.78 is 0. The minimum absolute atomic E-state index is 0.797. The van der Waals surface area contributed by atoms with E-state index in [1.54, 1.807) is 11.1 Å². The van der Waals surface area contributed by atoms with E-state index in [0.717, 1.165) is 25.9 Å². The Balaban J connectivity index is 1.90. The van der Waals surface area contributed by atoms with Crippen LogP contribution in [-0.2, 0) is 12.8 Å². The highest BCUT2D eigenvalue weighted by molar-refractivity contribution is 5.49. The van der Waals surface area contributed by atoms with E-state index < -0.39 is 0 Å². The molecule has 0 aliphatic heterocycles. The molecule has 0 atom stereocenters. The second kappa shape index (κ2) is 5.90. The molecule has 1 aliphatic rings. The van der Waals surface area contributed by atoms with Crippen LogP contribution in [0.3, 0.4) is 0 Å². The van der Waals surface area contributed by atoms with Crippen LogP contribution in [0.25, 0.3) is 0 Å². The largest absolute Gasteiger partial charge is 0.385 e. The average molecular weight is 218 g/mol. The first-order chi connectivity index (χ1) is 7.90. The van der Waals surface area contributed by atoms with Crippen LogP contribution in [0.1, 0.15) is 36.8 Å². The van der Waals surface area contributed by atoms with E-state index in [4.69, 9.17) is 5.73 Å². The molecule has 2 nitrogen and oxygen atoms in total. The van der Waals surface area contributed by atoms with Crippen LogP contribution in [0, 0.1) is 0 Å². The fraction of sp³-hybridized carbons (Fsp3) is 0.571. The molecule has 0 amide bonds. The lowest BCUT2D eigenvalue weighted by atomic mass is 9.91. The zero-order chi connectivity index (χ0) is 11.2. The summed E-state index contributed by atoms with van der Waals surface area (Å²) in [6, 6.07) is 6.84. The highest BCUT2D eigenvalue weighted by atomic mass is 14.9. The molecule has 2 heteroatoms. The molecule has 1 aromatic rings. The van der Waals surface area contributed by atoms with E-state index in [1.807, 2.05) is 0 Å². The highest BCUT2D eigenvalue weighted by Gasteiger charge is 2.08. The van der Waals surface area contributed by atoms with Crippen LogP contribution < -0.4 is 11.1 Å². The van der Waals surface area contributed by atoms with Crippen molar-refractivity contribution in [2.24, 2.45) is 5.73 Å². The molecule has 2 rings (SSSR count). The number of fused-ring (bicyclic) bond motifs is 1. The fourth-order valence-electron chi connectivity index (χ4n) is 2.35. The summed E-state index contributed by atoms with van der Waals surface area (Å²) in [5.41, 5.74) is 9.85. The quantitative estimate of drug-likeness (QED) is 0.746. The molecular weight excluding hydrogens is 196 g/mol. The number of anilines is 1. The standard InChI is InChI=1S/C14H22N2/c15-9-3-4-10-16-14-8-7-12-5-1-2-6-13(12)11-14/h7-8,11,16H,1-6,9-10,15H2. The van der Waals surface area contributed by atoms with Gasteiger partial charge in [0.2, 0.25) is 0 Å². The number of rotatable bonds is 5. The molecule has 3 N–H and O–H groups in total. The Morgan fingerprint density at radius 3 is 2.69 bits per heavy atom. The summed E-state index contributed by atoms with van der Waals surface area (Å²) in [4.78, 5) is 0. The van der Waals surface area contributed by atoms with E-state index >= 15 is 0 Å². The summed E-state index contributed by atoms with van der Waals surface area (Å²) in [5, 5.41) is 3.47. The third-order valence-corrected chi connectivity index (χ3v) is 3.31. The van der Waals surface area contributed by atoms with Crippen molar-refractivity contribution in [2.75, 3.05) is 18.4 Å². The first-order valence-electron chi connectivity index (χ1n) is 6.46. The molecular formula is C14H22N2. The van der Waals surface area contributed by atoms with Crippen LogP contribution >= 0.6 is 0 Å². The molecule has 0 bridgehead atoms. The maximum absolute atomic E-state index is 5.47. The maximum atomic E-state index is 5.47. The van der Waals surface area contributed by atoms with Crippen molar-refractivity contribution in [2.45, 2.75) is 38.5 Å². The van der Waals surface area contributed by atoms with Gasteiger partial charge in [-0.3, -0.25) is 0 Å². The molecule has 0 radical (unpaired) electrons. The van der Waals surface area contributed by atoms with E-state index in [-0.39, 0.29) is 0 Å². The molecule has 1 aliphatic carbocycles. The zero-order valence-electron chi connectivity index (χ0n) is 9.97. The van der Waals surface area contributed by atoms with Crippen molar-refractivity contribution in [3.05, 3.63) is 29.3 Å². The molecule has 88 valence electrons. The smallest absolute Gasteiger partial charge is 0.0343 e. The Labute approximate surface area is 98.2 Å². The molecule has 0 fully saturated rings. The Hall–Kier alpha value is -1.02. The second-order valence-electron chi connectivity index (χ2n) is 4.61. The topological polar surface area (TPSA) is 38.0 Å². The van der Waals surface area contributed by atoms with E-state index in [9.17, 15) is 0 Å². The molecule has 0 saturated heterocycles. The van der Waals surface area contributed by atoms with Gasteiger partial charge in [-0.05, 0) is 68.3 Å². The molecule has 1 aromatic carbocycles. The van der Waals surface area contributed by atoms with Gasteiger partial charge < -0.3 is 11.1 Å². The minimum Gasteiger partial charge on any atom is -0.385 e. The Kier molecular flexibility index (Phi) is 4.23. The van der Waals surface area contributed by atoms with Crippen LogP contribution in [0.2, 0.25) is 0 Å². The normalized spacial score (nSPS) is 14.6. The van der Waals surface area contributed by atoms with Gasteiger partial charge >= 0.3 is 0 Å². The summed E-state index contributed by atoms with van der Waals surface area (Å²) >= 11 is 0.